The van der Waals surface area contributed by atoms with E-state index >= 15 is 0 Å². The van der Waals surface area contributed by atoms with Crippen molar-refractivity contribution in [1.29, 1.82) is 0 Å². The van der Waals surface area contributed by atoms with Gasteiger partial charge in [0.2, 0.25) is 0 Å². The maximum atomic E-state index is 13.2. The number of nitrogens with two attached hydrogens (primary N) is 1. The first-order chi connectivity index (χ1) is 9.49. The summed E-state index contributed by atoms with van der Waals surface area (Å²) in [6, 6.07) is 6.86. The number of anilines is 3. The Morgan fingerprint density at radius 1 is 1.30 bits per heavy atom. The lowest BCUT2D eigenvalue weighted by molar-refractivity contribution is -0.384. The van der Waals surface area contributed by atoms with Crippen LogP contribution in [0.25, 0.3) is 0 Å². The summed E-state index contributed by atoms with van der Waals surface area (Å²) >= 11 is 0. The molecule has 1 aromatic carbocycles. The third-order valence-electron chi connectivity index (χ3n) is 2.60. The van der Waals surface area contributed by atoms with Gasteiger partial charge in [0, 0.05) is 5.69 Å². The zero-order valence-corrected chi connectivity index (χ0v) is 10.6. The molecule has 7 nitrogen and oxygen atoms in total. The largest absolute Gasteiger partial charge is 0.340 e. The van der Waals surface area contributed by atoms with Gasteiger partial charge in [-0.1, -0.05) is 0 Å². The second-order valence-electron chi connectivity index (χ2n) is 4.09. The lowest BCUT2D eigenvalue weighted by Crippen LogP contribution is -2.10. The molecule has 0 saturated carbocycles. The Kier molecular flexibility index (Phi) is 3.76. The smallest absolute Gasteiger partial charge is 0.276 e. The second kappa shape index (κ2) is 5.49. The monoisotopic (exact) mass is 277 g/mol. The Labute approximate surface area is 113 Å². The zero-order valence-electron chi connectivity index (χ0n) is 10.6. The zero-order chi connectivity index (χ0) is 14.7. The van der Waals surface area contributed by atoms with Crippen molar-refractivity contribution < 1.29 is 9.31 Å². The number of hydrogen-bond donors (Lipinski definition) is 3. The van der Waals surface area contributed by atoms with Crippen molar-refractivity contribution in [1.82, 2.24) is 4.98 Å². The maximum absolute atomic E-state index is 13.2. The molecule has 4 N–H and O–H groups in total. The molecule has 104 valence electrons. The number of nitro groups is 1. The van der Waals surface area contributed by atoms with E-state index in [0.29, 0.717) is 11.3 Å². The first-order valence-electron chi connectivity index (χ1n) is 5.66. The summed E-state index contributed by atoms with van der Waals surface area (Å²) in [5, 5.41) is 13.7. The highest BCUT2D eigenvalue weighted by Crippen LogP contribution is 2.23. The fourth-order valence-corrected chi connectivity index (χ4v) is 1.63. The molecule has 0 fully saturated rings. The maximum Gasteiger partial charge on any atom is 0.276 e. The predicted molar refractivity (Wildman–Crippen MR) is 73.1 cm³/mol. The molecule has 0 atom stereocenters. The molecule has 0 bridgehead atoms. The van der Waals surface area contributed by atoms with Crippen molar-refractivity contribution in [2.45, 2.75) is 6.92 Å². The van der Waals surface area contributed by atoms with Gasteiger partial charge >= 0.3 is 0 Å². The molecule has 0 saturated heterocycles. The Hall–Kier alpha value is -2.74. The van der Waals surface area contributed by atoms with Gasteiger partial charge in [-0.3, -0.25) is 10.1 Å². The quantitative estimate of drug-likeness (QED) is 0.450. The average molecular weight is 277 g/mol. The van der Waals surface area contributed by atoms with Crippen LogP contribution in [0.5, 0.6) is 0 Å². The summed E-state index contributed by atoms with van der Waals surface area (Å²) < 4.78 is 13.2. The fraction of sp³-hybridized carbons (Fsp3) is 0.0833. The van der Waals surface area contributed by atoms with Crippen LogP contribution in [0.1, 0.15) is 5.56 Å². The van der Waals surface area contributed by atoms with Crippen molar-refractivity contribution in [3.63, 3.8) is 0 Å². The Bertz CT molecular complexity index is 662. The van der Waals surface area contributed by atoms with Crippen LogP contribution in [0.2, 0.25) is 0 Å². The summed E-state index contributed by atoms with van der Waals surface area (Å²) in [7, 11) is 0. The number of benzene rings is 1. The average Bonchev–Trinajstić information content (AvgIpc) is 2.42. The molecule has 20 heavy (non-hydrogen) atoms. The number of aromatic nitrogens is 1. The molecule has 1 heterocycles. The molecule has 0 aliphatic carbocycles. The number of aryl methyl sites for hydroxylation is 1. The molecule has 0 radical (unpaired) electrons. The predicted octanol–water partition coefficient (Wildman–Crippen LogP) is 2.47. The molecule has 8 heteroatoms. The van der Waals surface area contributed by atoms with Gasteiger partial charge in [0.05, 0.1) is 17.1 Å². The van der Waals surface area contributed by atoms with E-state index in [1.54, 1.807) is 13.0 Å². The number of nitrogen functional groups attached to an aromatic ring is 1. The number of hydrogen-bond acceptors (Lipinski definition) is 6. The van der Waals surface area contributed by atoms with Crippen LogP contribution in [0.4, 0.5) is 27.4 Å². The standard InChI is InChI=1S/C12H12FN5O2/c1-7-4-8(2-3-10(7)13)15-11-5-9(18(19)20)6-12(16-11)17-14/h2-6H,14H2,1H3,(H2,15,16,17). The highest BCUT2D eigenvalue weighted by Gasteiger charge is 2.11. The van der Waals surface area contributed by atoms with E-state index in [9.17, 15) is 14.5 Å². The number of hydrazine groups is 1. The third-order valence-corrected chi connectivity index (χ3v) is 2.60. The van der Waals surface area contributed by atoms with E-state index in [4.69, 9.17) is 5.84 Å². The van der Waals surface area contributed by atoms with Gasteiger partial charge in [-0.25, -0.2) is 15.2 Å². The van der Waals surface area contributed by atoms with Gasteiger partial charge in [0.25, 0.3) is 5.69 Å². The van der Waals surface area contributed by atoms with Gasteiger partial charge < -0.3 is 10.7 Å². The van der Waals surface area contributed by atoms with Crippen LogP contribution >= 0.6 is 0 Å². The Morgan fingerprint density at radius 2 is 2.00 bits per heavy atom. The minimum absolute atomic E-state index is 0.153. The van der Waals surface area contributed by atoms with Crippen molar-refractivity contribution in [3.05, 3.63) is 51.8 Å². The molecule has 0 amide bonds. The van der Waals surface area contributed by atoms with Crippen molar-refractivity contribution >= 4 is 23.0 Å². The van der Waals surface area contributed by atoms with E-state index in [1.807, 2.05) is 0 Å². The van der Waals surface area contributed by atoms with Gasteiger partial charge in [-0.05, 0) is 30.7 Å². The van der Waals surface area contributed by atoms with E-state index in [2.05, 4.69) is 15.7 Å². The topological polar surface area (TPSA) is 106 Å². The molecule has 0 unspecified atom stereocenters. The SMILES string of the molecule is Cc1cc(Nc2cc([N+](=O)[O-])cc(NN)n2)ccc1F. The third kappa shape index (κ3) is 2.98. The number of pyridine rings is 1. The van der Waals surface area contributed by atoms with Gasteiger partial charge in [0.15, 0.2) is 0 Å². The van der Waals surface area contributed by atoms with Gasteiger partial charge in [-0.2, -0.15) is 0 Å². The summed E-state index contributed by atoms with van der Waals surface area (Å²) in [5.41, 5.74) is 3.12. The summed E-state index contributed by atoms with van der Waals surface area (Å²) in [6.45, 7) is 1.62. The molecule has 2 aromatic rings. The fourth-order valence-electron chi connectivity index (χ4n) is 1.63. The minimum Gasteiger partial charge on any atom is -0.340 e. The molecular formula is C12H12FN5O2. The normalized spacial score (nSPS) is 10.2. The van der Waals surface area contributed by atoms with Crippen LogP contribution < -0.4 is 16.6 Å². The summed E-state index contributed by atoms with van der Waals surface area (Å²) in [4.78, 5) is 14.3. The summed E-state index contributed by atoms with van der Waals surface area (Å²) in [6.07, 6.45) is 0. The van der Waals surface area contributed by atoms with Crippen LogP contribution in [0.15, 0.2) is 30.3 Å². The minimum atomic E-state index is -0.552. The van der Waals surface area contributed by atoms with Gasteiger partial charge in [0.1, 0.15) is 17.5 Å². The van der Waals surface area contributed by atoms with E-state index < -0.39 is 4.92 Å². The van der Waals surface area contributed by atoms with Crippen molar-refractivity contribution in [2.75, 3.05) is 10.7 Å². The lowest BCUT2D eigenvalue weighted by Gasteiger charge is -2.08. The summed E-state index contributed by atoms with van der Waals surface area (Å²) in [5.74, 6) is 5.27. The van der Waals surface area contributed by atoms with E-state index in [1.165, 1.54) is 24.3 Å². The van der Waals surface area contributed by atoms with E-state index in [-0.39, 0.29) is 23.1 Å². The van der Waals surface area contributed by atoms with Crippen LogP contribution in [-0.2, 0) is 0 Å². The molecular weight excluding hydrogens is 265 g/mol. The molecule has 0 aliphatic rings. The number of halogens is 1. The highest BCUT2D eigenvalue weighted by molar-refractivity contribution is 5.62. The van der Waals surface area contributed by atoms with Crippen LogP contribution in [-0.4, -0.2) is 9.91 Å². The molecule has 0 aliphatic heterocycles. The van der Waals surface area contributed by atoms with Crippen molar-refractivity contribution in [3.8, 4) is 0 Å². The Balaban J connectivity index is 2.34. The van der Waals surface area contributed by atoms with Crippen LogP contribution in [0, 0.1) is 22.9 Å². The number of nitrogens with zero attached hydrogens (tertiary/aromatic N) is 2. The first-order valence-corrected chi connectivity index (χ1v) is 5.66. The second-order valence-corrected chi connectivity index (χ2v) is 4.09. The van der Waals surface area contributed by atoms with Crippen molar-refractivity contribution in [2.24, 2.45) is 5.84 Å². The number of rotatable bonds is 4. The molecule has 1 aromatic heterocycles. The van der Waals surface area contributed by atoms with Crippen LogP contribution in [0.3, 0.4) is 0 Å². The Morgan fingerprint density at radius 3 is 2.60 bits per heavy atom. The molecule has 2 rings (SSSR count). The first kappa shape index (κ1) is 13.7. The highest BCUT2D eigenvalue weighted by atomic mass is 19.1. The van der Waals surface area contributed by atoms with Gasteiger partial charge in [-0.15, -0.1) is 0 Å². The van der Waals surface area contributed by atoms with E-state index in [0.717, 1.165) is 0 Å². The number of nitrogens with one attached hydrogen (secondary N) is 2. The molecule has 0 spiro atoms. The lowest BCUT2D eigenvalue weighted by atomic mass is 10.2.